The van der Waals surface area contributed by atoms with E-state index in [1.165, 1.54) is 0 Å². The third-order valence-electron chi connectivity index (χ3n) is 2.74. The van der Waals surface area contributed by atoms with E-state index in [2.05, 4.69) is 0 Å². The fourth-order valence-electron chi connectivity index (χ4n) is 2.12. The summed E-state index contributed by atoms with van der Waals surface area (Å²) >= 11 is 0. The standard InChI is InChI=1S/C14H25NO4/c1-10(2)18-12(16)9-15-8-6-7-11(15)13(17)19-14(3,4)5/h10-11H,6-9H2,1-5H3/t11-/m0/s1. The smallest absolute Gasteiger partial charge is 0.323 e. The van der Waals surface area contributed by atoms with Crippen molar-refractivity contribution in [1.29, 1.82) is 0 Å². The van der Waals surface area contributed by atoms with Crippen molar-refractivity contribution < 1.29 is 19.1 Å². The minimum absolute atomic E-state index is 0.130. The van der Waals surface area contributed by atoms with Crippen molar-refractivity contribution in [3.63, 3.8) is 0 Å². The summed E-state index contributed by atoms with van der Waals surface area (Å²) in [7, 11) is 0. The zero-order chi connectivity index (χ0) is 14.6. The van der Waals surface area contributed by atoms with Crippen LogP contribution in [0.1, 0.15) is 47.5 Å². The fourth-order valence-corrected chi connectivity index (χ4v) is 2.12. The van der Waals surface area contributed by atoms with E-state index in [9.17, 15) is 9.59 Å². The van der Waals surface area contributed by atoms with Crippen molar-refractivity contribution in [3.8, 4) is 0 Å². The summed E-state index contributed by atoms with van der Waals surface area (Å²) in [6, 6.07) is -0.320. The van der Waals surface area contributed by atoms with E-state index in [1.807, 2.05) is 39.5 Å². The second-order valence-corrected chi connectivity index (χ2v) is 6.20. The predicted molar refractivity (Wildman–Crippen MR) is 71.7 cm³/mol. The van der Waals surface area contributed by atoms with Crippen molar-refractivity contribution in [2.24, 2.45) is 0 Å². The van der Waals surface area contributed by atoms with Crippen molar-refractivity contribution in [2.75, 3.05) is 13.1 Å². The molecule has 1 fully saturated rings. The largest absolute Gasteiger partial charge is 0.462 e. The highest BCUT2D eigenvalue weighted by Gasteiger charge is 2.35. The molecule has 1 atom stereocenters. The molecule has 0 amide bonds. The molecule has 0 aromatic rings. The highest BCUT2D eigenvalue weighted by molar-refractivity contribution is 5.78. The third-order valence-corrected chi connectivity index (χ3v) is 2.74. The van der Waals surface area contributed by atoms with Crippen molar-refractivity contribution in [3.05, 3.63) is 0 Å². The summed E-state index contributed by atoms with van der Waals surface area (Å²) in [5.74, 6) is -0.534. The van der Waals surface area contributed by atoms with Crippen molar-refractivity contribution >= 4 is 11.9 Å². The number of esters is 2. The molecule has 19 heavy (non-hydrogen) atoms. The maximum absolute atomic E-state index is 12.1. The van der Waals surface area contributed by atoms with Gasteiger partial charge < -0.3 is 9.47 Å². The molecule has 0 aromatic carbocycles. The molecular weight excluding hydrogens is 246 g/mol. The van der Waals surface area contributed by atoms with Crippen LogP contribution in [0.15, 0.2) is 0 Å². The van der Waals surface area contributed by atoms with E-state index < -0.39 is 5.60 Å². The first-order valence-electron chi connectivity index (χ1n) is 6.85. The summed E-state index contributed by atoms with van der Waals surface area (Å²) in [5.41, 5.74) is -0.496. The second-order valence-electron chi connectivity index (χ2n) is 6.20. The molecule has 1 heterocycles. The minimum atomic E-state index is -0.496. The Morgan fingerprint density at radius 3 is 2.47 bits per heavy atom. The molecule has 0 N–H and O–H groups in total. The lowest BCUT2D eigenvalue weighted by molar-refractivity contribution is -0.161. The van der Waals surface area contributed by atoms with E-state index in [0.717, 1.165) is 19.4 Å². The second kappa shape index (κ2) is 6.37. The molecule has 1 rings (SSSR count). The molecule has 0 aromatic heterocycles. The molecule has 5 heteroatoms. The quantitative estimate of drug-likeness (QED) is 0.729. The monoisotopic (exact) mass is 271 g/mol. The van der Waals surface area contributed by atoms with E-state index in [0.29, 0.717) is 0 Å². The number of nitrogens with zero attached hydrogens (tertiary/aromatic N) is 1. The molecule has 0 aliphatic carbocycles. The molecule has 0 spiro atoms. The molecule has 5 nitrogen and oxygen atoms in total. The van der Waals surface area contributed by atoms with Crippen LogP contribution >= 0.6 is 0 Å². The third kappa shape index (κ3) is 5.59. The van der Waals surface area contributed by atoms with Gasteiger partial charge in [-0.3, -0.25) is 14.5 Å². The van der Waals surface area contributed by atoms with Gasteiger partial charge in [0.05, 0.1) is 12.6 Å². The van der Waals surface area contributed by atoms with Crippen LogP contribution in [0.3, 0.4) is 0 Å². The molecule has 0 saturated carbocycles. The van der Waals surface area contributed by atoms with E-state index >= 15 is 0 Å². The van der Waals surface area contributed by atoms with Gasteiger partial charge in [-0.2, -0.15) is 0 Å². The van der Waals surface area contributed by atoms with Crippen LogP contribution < -0.4 is 0 Å². The Labute approximate surface area is 115 Å². The molecular formula is C14H25NO4. The number of hydrogen-bond acceptors (Lipinski definition) is 5. The summed E-state index contributed by atoms with van der Waals surface area (Å²) in [5, 5.41) is 0. The lowest BCUT2D eigenvalue weighted by atomic mass is 10.1. The molecule has 0 radical (unpaired) electrons. The SMILES string of the molecule is CC(C)OC(=O)CN1CCC[C@H]1C(=O)OC(C)(C)C. The first kappa shape index (κ1) is 16.0. The Morgan fingerprint density at radius 2 is 1.95 bits per heavy atom. The first-order chi connectivity index (χ1) is 8.69. The Kier molecular flexibility index (Phi) is 5.35. The average molecular weight is 271 g/mol. The lowest BCUT2D eigenvalue weighted by Gasteiger charge is -2.26. The van der Waals surface area contributed by atoms with Crippen LogP contribution in [0.5, 0.6) is 0 Å². The number of rotatable bonds is 4. The molecule has 110 valence electrons. The van der Waals surface area contributed by atoms with Crippen molar-refractivity contribution in [2.45, 2.75) is 65.2 Å². The Morgan fingerprint density at radius 1 is 1.32 bits per heavy atom. The van der Waals surface area contributed by atoms with Gasteiger partial charge in [-0.25, -0.2) is 0 Å². The van der Waals surface area contributed by atoms with Crippen LogP contribution in [0, 0.1) is 0 Å². The van der Waals surface area contributed by atoms with Gasteiger partial charge in [-0.05, 0) is 54.0 Å². The Hall–Kier alpha value is -1.10. The zero-order valence-electron chi connectivity index (χ0n) is 12.6. The topological polar surface area (TPSA) is 55.8 Å². The van der Waals surface area contributed by atoms with Gasteiger partial charge in [-0.15, -0.1) is 0 Å². The van der Waals surface area contributed by atoms with Gasteiger partial charge in [-0.1, -0.05) is 0 Å². The van der Waals surface area contributed by atoms with Gasteiger partial charge in [0.2, 0.25) is 0 Å². The maximum atomic E-state index is 12.1. The zero-order valence-corrected chi connectivity index (χ0v) is 12.6. The highest BCUT2D eigenvalue weighted by atomic mass is 16.6. The van der Waals surface area contributed by atoms with E-state index in [-0.39, 0.29) is 30.6 Å². The van der Waals surface area contributed by atoms with Gasteiger partial charge in [0, 0.05) is 0 Å². The summed E-state index contributed by atoms with van der Waals surface area (Å²) in [6.07, 6.45) is 1.51. The lowest BCUT2D eigenvalue weighted by Crippen LogP contribution is -2.43. The number of ether oxygens (including phenoxy) is 2. The summed E-state index contributed by atoms with van der Waals surface area (Å²) in [6.45, 7) is 10.0. The fraction of sp³-hybridized carbons (Fsp3) is 0.857. The van der Waals surface area contributed by atoms with Gasteiger partial charge in [0.1, 0.15) is 11.6 Å². The van der Waals surface area contributed by atoms with Crippen LogP contribution in [-0.2, 0) is 19.1 Å². The number of carbonyl (C=O) groups is 2. The maximum Gasteiger partial charge on any atom is 0.323 e. The molecule has 1 aliphatic rings. The number of carbonyl (C=O) groups excluding carboxylic acids is 2. The minimum Gasteiger partial charge on any atom is -0.462 e. The molecule has 1 aliphatic heterocycles. The van der Waals surface area contributed by atoms with Gasteiger partial charge in [0.15, 0.2) is 0 Å². The van der Waals surface area contributed by atoms with Crippen molar-refractivity contribution in [1.82, 2.24) is 4.90 Å². The predicted octanol–water partition coefficient (Wildman–Crippen LogP) is 1.74. The summed E-state index contributed by atoms with van der Waals surface area (Å²) in [4.78, 5) is 25.6. The molecule has 0 unspecified atom stereocenters. The average Bonchev–Trinajstić information content (AvgIpc) is 2.61. The molecule has 0 bridgehead atoms. The Bertz CT molecular complexity index is 333. The summed E-state index contributed by atoms with van der Waals surface area (Å²) < 4.78 is 10.5. The van der Waals surface area contributed by atoms with Crippen LogP contribution in [-0.4, -0.2) is 47.7 Å². The Balaban J connectivity index is 2.54. The number of likely N-dealkylation sites (tertiary alicyclic amines) is 1. The van der Waals surface area contributed by atoms with Crippen LogP contribution in [0.2, 0.25) is 0 Å². The van der Waals surface area contributed by atoms with Crippen LogP contribution in [0.4, 0.5) is 0 Å². The highest BCUT2D eigenvalue weighted by Crippen LogP contribution is 2.20. The normalized spacial score (nSPS) is 20.6. The van der Waals surface area contributed by atoms with Crippen LogP contribution in [0.25, 0.3) is 0 Å². The van der Waals surface area contributed by atoms with E-state index in [1.54, 1.807) is 0 Å². The first-order valence-corrected chi connectivity index (χ1v) is 6.85. The van der Waals surface area contributed by atoms with Gasteiger partial charge in [0.25, 0.3) is 0 Å². The van der Waals surface area contributed by atoms with E-state index in [4.69, 9.17) is 9.47 Å². The number of hydrogen-bond donors (Lipinski definition) is 0. The van der Waals surface area contributed by atoms with Gasteiger partial charge >= 0.3 is 11.9 Å². The molecule has 1 saturated heterocycles.